The van der Waals surface area contributed by atoms with Crippen LogP contribution in [-0.4, -0.2) is 25.0 Å². The molecule has 0 aromatic heterocycles. The van der Waals surface area contributed by atoms with E-state index >= 15 is 0 Å². The zero-order valence-corrected chi connectivity index (χ0v) is 7.82. The summed E-state index contributed by atoms with van der Waals surface area (Å²) < 4.78 is 9.88. The lowest BCUT2D eigenvalue weighted by molar-refractivity contribution is -0.197. The van der Waals surface area contributed by atoms with Crippen molar-refractivity contribution in [3.8, 4) is 0 Å². The predicted octanol–water partition coefficient (Wildman–Crippen LogP) is 1.27. The minimum atomic E-state index is -0.879. The Kier molecular flexibility index (Phi) is 4.18. The third kappa shape index (κ3) is 4.24. The van der Waals surface area contributed by atoms with E-state index in [-0.39, 0.29) is 12.1 Å². The molecule has 1 saturated heterocycles. The summed E-state index contributed by atoms with van der Waals surface area (Å²) in [5.74, 6) is -0.283. The normalized spacial score (nSPS) is 28.5. The highest BCUT2D eigenvalue weighted by Crippen LogP contribution is 2.19. The van der Waals surface area contributed by atoms with E-state index in [2.05, 4.69) is 0 Å². The Hall–Kier alpha value is -0.610. The Morgan fingerprint density at radius 2 is 2.31 bits per heavy atom. The van der Waals surface area contributed by atoms with Crippen LogP contribution in [0.5, 0.6) is 0 Å². The summed E-state index contributed by atoms with van der Waals surface area (Å²) in [6, 6.07) is 0. The van der Waals surface area contributed by atoms with E-state index in [4.69, 9.17) is 9.47 Å². The van der Waals surface area contributed by atoms with Gasteiger partial charge in [0.25, 0.3) is 0 Å². The molecule has 0 spiro atoms. The molecule has 0 aromatic carbocycles. The van der Waals surface area contributed by atoms with E-state index in [9.17, 15) is 9.90 Å². The van der Waals surface area contributed by atoms with Crippen LogP contribution in [0.2, 0.25) is 0 Å². The summed E-state index contributed by atoms with van der Waals surface area (Å²) in [6.07, 6.45) is 2.16. The second-order valence-electron chi connectivity index (χ2n) is 3.25. The van der Waals surface area contributed by atoms with Gasteiger partial charge in [-0.1, -0.05) is 0 Å². The molecule has 1 rings (SSSR count). The molecule has 1 fully saturated rings. The van der Waals surface area contributed by atoms with E-state index < -0.39 is 6.29 Å². The molecule has 2 atom stereocenters. The Morgan fingerprint density at radius 3 is 2.92 bits per heavy atom. The lowest BCUT2D eigenvalue weighted by atomic mass is 10.1. The lowest BCUT2D eigenvalue weighted by Gasteiger charge is -2.25. The summed E-state index contributed by atoms with van der Waals surface area (Å²) in [5.41, 5.74) is 0. The van der Waals surface area contributed by atoms with Crippen molar-refractivity contribution < 1.29 is 19.4 Å². The first-order chi connectivity index (χ1) is 6.18. The van der Waals surface area contributed by atoms with E-state index in [0.29, 0.717) is 19.4 Å². The molecule has 75 valence electrons. The second kappa shape index (κ2) is 5.19. The second-order valence-corrected chi connectivity index (χ2v) is 3.25. The number of hydrogen-bond donors (Lipinski definition) is 0. The number of ether oxygens (including phenoxy) is 2. The fourth-order valence-corrected chi connectivity index (χ4v) is 1.41. The maximum atomic E-state index is 10.9. The highest BCUT2D eigenvalue weighted by atomic mass is 16.6. The van der Waals surface area contributed by atoms with Crippen molar-refractivity contribution in [2.24, 2.45) is 0 Å². The molecular formula is C9H15O4. The average Bonchev–Trinajstić information content (AvgIpc) is 2.03. The lowest BCUT2D eigenvalue weighted by Crippen LogP contribution is -2.27. The molecule has 0 bridgehead atoms. The van der Waals surface area contributed by atoms with Gasteiger partial charge in [-0.15, -0.1) is 0 Å². The minimum Gasteiger partial charge on any atom is -0.466 e. The highest BCUT2D eigenvalue weighted by molar-refractivity contribution is 5.65. The summed E-state index contributed by atoms with van der Waals surface area (Å²) >= 11 is 0. The van der Waals surface area contributed by atoms with Crippen LogP contribution in [-0.2, 0) is 19.4 Å². The Morgan fingerprint density at radius 1 is 1.54 bits per heavy atom. The van der Waals surface area contributed by atoms with Crippen molar-refractivity contribution in [3.63, 3.8) is 0 Å². The van der Waals surface area contributed by atoms with Gasteiger partial charge in [0.1, 0.15) is 0 Å². The van der Waals surface area contributed by atoms with Gasteiger partial charge in [0.2, 0.25) is 0 Å². The van der Waals surface area contributed by atoms with Gasteiger partial charge in [0, 0.05) is 19.8 Å². The summed E-state index contributed by atoms with van der Waals surface area (Å²) in [6.45, 7) is 1.73. The molecule has 4 heteroatoms. The smallest absolute Gasteiger partial charge is 0.302 e. The predicted molar refractivity (Wildman–Crippen MR) is 44.4 cm³/mol. The number of rotatable bonds is 3. The summed E-state index contributed by atoms with van der Waals surface area (Å²) in [7, 11) is 0. The van der Waals surface area contributed by atoms with Gasteiger partial charge in [0.15, 0.2) is 6.29 Å². The van der Waals surface area contributed by atoms with Crippen LogP contribution >= 0.6 is 0 Å². The number of esters is 1. The van der Waals surface area contributed by atoms with E-state index in [0.717, 1.165) is 12.8 Å². The van der Waals surface area contributed by atoms with Crippen molar-refractivity contribution in [1.29, 1.82) is 0 Å². The molecule has 0 N–H and O–H groups in total. The van der Waals surface area contributed by atoms with Gasteiger partial charge in [-0.05, 0) is 12.8 Å². The van der Waals surface area contributed by atoms with Crippen molar-refractivity contribution in [3.05, 3.63) is 0 Å². The minimum absolute atomic E-state index is 0.0180. The molecule has 4 nitrogen and oxygen atoms in total. The Labute approximate surface area is 77.8 Å². The van der Waals surface area contributed by atoms with Gasteiger partial charge >= 0.3 is 5.97 Å². The third-order valence-corrected chi connectivity index (χ3v) is 2.06. The fraction of sp³-hybridized carbons (Fsp3) is 0.889. The summed E-state index contributed by atoms with van der Waals surface area (Å²) in [5, 5.41) is 10.9. The Balaban J connectivity index is 2.10. The van der Waals surface area contributed by atoms with Crippen LogP contribution < -0.4 is 0 Å². The SMILES string of the molecule is CC(=O)OCCC1CCCC([O])O1. The van der Waals surface area contributed by atoms with Gasteiger partial charge in [-0.3, -0.25) is 4.79 Å². The van der Waals surface area contributed by atoms with Crippen LogP contribution in [0.4, 0.5) is 0 Å². The van der Waals surface area contributed by atoms with Crippen molar-refractivity contribution in [2.45, 2.75) is 45.0 Å². The zero-order valence-electron chi connectivity index (χ0n) is 7.82. The first-order valence-corrected chi connectivity index (χ1v) is 4.63. The van der Waals surface area contributed by atoms with Crippen molar-refractivity contribution >= 4 is 5.97 Å². The van der Waals surface area contributed by atoms with E-state index in [1.807, 2.05) is 0 Å². The van der Waals surface area contributed by atoms with Crippen molar-refractivity contribution in [2.75, 3.05) is 6.61 Å². The molecule has 0 saturated carbocycles. The van der Waals surface area contributed by atoms with Crippen LogP contribution in [0.3, 0.4) is 0 Å². The topological polar surface area (TPSA) is 55.4 Å². The van der Waals surface area contributed by atoms with Crippen LogP contribution in [0.1, 0.15) is 32.6 Å². The van der Waals surface area contributed by atoms with Crippen LogP contribution in [0.15, 0.2) is 0 Å². The van der Waals surface area contributed by atoms with Gasteiger partial charge in [0.05, 0.1) is 12.7 Å². The molecular weight excluding hydrogens is 172 g/mol. The van der Waals surface area contributed by atoms with Gasteiger partial charge in [-0.25, -0.2) is 5.11 Å². The number of carbonyl (C=O) groups excluding carboxylic acids is 1. The summed E-state index contributed by atoms with van der Waals surface area (Å²) in [4.78, 5) is 10.4. The number of hydrogen-bond acceptors (Lipinski definition) is 3. The first-order valence-electron chi connectivity index (χ1n) is 4.63. The van der Waals surface area contributed by atoms with Crippen LogP contribution in [0, 0.1) is 0 Å². The molecule has 0 amide bonds. The molecule has 0 aliphatic carbocycles. The quantitative estimate of drug-likeness (QED) is 0.625. The fourth-order valence-electron chi connectivity index (χ4n) is 1.41. The molecule has 2 unspecified atom stereocenters. The molecule has 1 aliphatic rings. The third-order valence-electron chi connectivity index (χ3n) is 2.06. The van der Waals surface area contributed by atoms with Gasteiger partial charge < -0.3 is 9.47 Å². The zero-order chi connectivity index (χ0) is 9.68. The highest BCUT2D eigenvalue weighted by Gasteiger charge is 2.21. The molecule has 1 radical (unpaired) electrons. The molecule has 0 aromatic rings. The average molecular weight is 187 g/mol. The first kappa shape index (κ1) is 10.5. The Bertz CT molecular complexity index is 169. The van der Waals surface area contributed by atoms with Gasteiger partial charge in [-0.2, -0.15) is 0 Å². The standard InChI is InChI=1S/C9H15O4/c1-7(10)12-6-5-8-3-2-4-9(11)13-8/h8-9H,2-6H2,1H3. The largest absolute Gasteiger partial charge is 0.466 e. The monoisotopic (exact) mass is 187 g/mol. The maximum absolute atomic E-state index is 10.9. The van der Waals surface area contributed by atoms with E-state index in [1.165, 1.54) is 6.92 Å². The maximum Gasteiger partial charge on any atom is 0.302 e. The molecule has 1 heterocycles. The number of carbonyl (C=O) groups is 1. The van der Waals surface area contributed by atoms with Crippen LogP contribution in [0.25, 0.3) is 0 Å². The molecule has 1 aliphatic heterocycles. The van der Waals surface area contributed by atoms with E-state index in [1.54, 1.807) is 0 Å². The van der Waals surface area contributed by atoms with Crippen molar-refractivity contribution in [1.82, 2.24) is 0 Å². The molecule has 13 heavy (non-hydrogen) atoms.